The summed E-state index contributed by atoms with van der Waals surface area (Å²) in [6.07, 6.45) is 2.97. The topological polar surface area (TPSA) is 118 Å². The van der Waals surface area contributed by atoms with Gasteiger partial charge in [-0.2, -0.15) is 0 Å². The molecule has 1 amide bonds. The van der Waals surface area contributed by atoms with Gasteiger partial charge in [0.25, 0.3) is 5.91 Å². The minimum atomic E-state index is -0.988. The van der Waals surface area contributed by atoms with Crippen molar-refractivity contribution in [2.45, 2.75) is 6.54 Å². The van der Waals surface area contributed by atoms with E-state index in [0.29, 0.717) is 48.9 Å². The van der Waals surface area contributed by atoms with Crippen molar-refractivity contribution >= 4 is 52.6 Å². The Balaban J connectivity index is 1.44. The third-order valence-corrected chi connectivity index (χ3v) is 7.63. The molecule has 0 aliphatic carbocycles. The molecule has 0 saturated carbocycles. The van der Waals surface area contributed by atoms with Crippen LogP contribution in [0, 0.1) is 0 Å². The number of carboxylic acid groups (broad SMARTS) is 1. The Labute approximate surface area is 247 Å². The number of amides is 1. The molecule has 0 radical (unpaired) electrons. The van der Waals surface area contributed by atoms with E-state index in [1.165, 1.54) is 11.1 Å². The average molecular weight is 595 g/mol. The SMILES string of the molecule is CN=CC(=CN)c1cc(Cl)c(C(=O)N2COc3c(cccc3-c3ccc(C(=O)O)c(N4CCOCC4)c3)C2)c(Cl)c1. The van der Waals surface area contributed by atoms with E-state index in [0.717, 1.165) is 16.7 Å². The van der Waals surface area contributed by atoms with E-state index >= 15 is 0 Å². The summed E-state index contributed by atoms with van der Waals surface area (Å²) >= 11 is 13.1. The number of hydrogen-bond acceptors (Lipinski definition) is 7. The number of morpholine rings is 1. The van der Waals surface area contributed by atoms with Crippen molar-refractivity contribution in [1.82, 2.24) is 4.90 Å². The predicted molar refractivity (Wildman–Crippen MR) is 160 cm³/mol. The number of carbonyl (C=O) groups excluding carboxylic acids is 1. The van der Waals surface area contributed by atoms with Gasteiger partial charge >= 0.3 is 5.97 Å². The zero-order valence-corrected chi connectivity index (χ0v) is 23.8. The first-order chi connectivity index (χ1) is 19.8. The molecule has 11 heteroatoms. The highest BCUT2D eigenvalue weighted by Gasteiger charge is 2.29. The van der Waals surface area contributed by atoms with E-state index in [1.54, 1.807) is 37.5 Å². The molecule has 1 saturated heterocycles. The Hall–Kier alpha value is -4.05. The monoisotopic (exact) mass is 594 g/mol. The maximum Gasteiger partial charge on any atom is 0.337 e. The Morgan fingerprint density at radius 1 is 1.07 bits per heavy atom. The first-order valence-electron chi connectivity index (χ1n) is 12.9. The van der Waals surface area contributed by atoms with Crippen molar-refractivity contribution in [3.05, 3.63) is 87.0 Å². The zero-order valence-electron chi connectivity index (χ0n) is 22.3. The molecule has 3 aromatic carbocycles. The number of fused-ring (bicyclic) bond motifs is 1. The Bertz CT molecular complexity index is 1540. The summed E-state index contributed by atoms with van der Waals surface area (Å²) < 4.78 is 11.6. The minimum Gasteiger partial charge on any atom is -0.478 e. The van der Waals surface area contributed by atoms with Crippen molar-refractivity contribution in [1.29, 1.82) is 0 Å². The van der Waals surface area contributed by atoms with Gasteiger partial charge in [0.05, 0.1) is 46.6 Å². The fourth-order valence-corrected chi connectivity index (χ4v) is 5.68. The molecule has 5 rings (SSSR count). The third-order valence-electron chi connectivity index (χ3n) is 7.04. The van der Waals surface area contributed by atoms with Gasteiger partial charge in [0.1, 0.15) is 5.75 Å². The summed E-state index contributed by atoms with van der Waals surface area (Å²) in [5.74, 6) is -0.722. The molecule has 0 aromatic heterocycles. The fourth-order valence-electron chi connectivity index (χ4n) is 5.03. The van der Waals surface area contributed by atoms with Gasteiger partial charge in [0, 0.05) is 49.3 Å². The first kappa shape index (κ1) is 28.5. The highest BCUT2D eigenvalue weighted by Crippen LogP contribution is 2.39. The van der Waals surface area contributed by atoms with Crippen molar-refractivity contribution < 1.29 is 24.2 Å². The largest absolute Gasteiger partial charge is 0.478 e. The number of carbonyl (C=O) groups is 2. The van der Waals surface area contributed by atoms with Crippen molar-refractivity contribution in [2.75, 3.05) is 45.0 Å². The molecule has 2 aliphatic heterocycles. The van der Waals surface area contributed by atoms with Gasteiger partial charge in [0.2, 0.25) is 0 Å². The zero-order chi connectivity index (χ0) is 29.1. The molecule has 0 unspecified atom stereocenters. The number of aromatic carboxylic acids is 1. The van der Waals surface area contributed by atoms with Crippen LogP contribution in [0.15, 0.2) is 59.7 Å². The lowest BCUT2D eigenvalue weighted by Crippen LogP contribution is -2.37. The van der Waals surface area contributed by atoms with E-state index in [4.69, 9.17) is 38.4 Å². The van der Waals surface area contributed by atoms with Crippen LogP contribution in [0.1, 0.15) is 31.8 Å². The molecule has 212 valence electrons. The number of carboxylic acids is 1. The van der Waals surface area contributed by atoms with Gasteiger partial charge in [-0.15, -0.1) is 0 Å². The number of para-hydroxylation sites is 1. The Morgan fingerprint density at radius 2 is 1.80 bits per heavy atom. The Morgan fingerprint density at radius 3 is 2.46 bits per heavy atom. The number of aliphatic imine (C=N–C) groups is 1. The number of allylic oxidation sites excluding steroid dienone is 1. The van der Waals surface area contributed by atoms with Gasteiger partial charge in [-0.05, 0) is 35.4 Å². The number of rotatable bonds is 6. The second-order valence-electron chi connectivity index (χ2n) is 9.53. The summed E-state index contributed by atoms with van der Waals surface area (Å²) in [7, 11) is 1.62. The maximum absolute atomic E-state index is 13.5. The van der Waals surface area contributed by atoms with E-state index < -0.39 is 5.97 Å². The number of nitrogens with two attached hydrogens (primary N) is 1. The standard InChI is InChI=1S/C30H28Cl2N4O5/c1-34-15-21(14-33)20-11-24(31)27(25(32)12-20)29(37)36-16-19-3-2-4-22(28(19)41-17-36)18-5-6-23(30(38)39)26(13-18)35-7-9-40-10-8-35/h2-6,11-15H,7-10,16-17,33H2,1H3,(H,38,39). The summed E-state index contributed by atoms with van der Waals surface area (Å²) in [6.45, 7) is 2.53. The molecule has 0 bridgehead atoms. The number of benzene rings is 3. The molecule has 3 aromatic rings. The van der Waals surface area contributed by atoms with Gasteiger partial charge in [-0.3, -0.25) is 9.79 Å². The van der Waals surface area contributed by atoms with Gasteiger partial charge in [-0.1, -0.05) is 47.5 Å². The minimum absolute atomic E-state index is 0.0166. The van der Waals surface area contributed by atoms with Crippen LogP contribution in [0.3, 0.4) is 0 Å². The van der Waals surface area contributed by atoms with Crippen LogP contribution in [0.2, 0.25) is 10.0 Å². The molecule has 0 atom stereocenters. The van der Waals surface area contributed by atoms with Crippen LogP contribution in [0.25, 0.3) is 16.7 Å². The van der Waals surface area contributed by atoms with Crippen LogP contribution in [-0.2, 0) is 11.3 Å². The molecule has 1 fully saturated rings. The van der Waals surface area contributed by atoms with Crippen LogP contribution in [-0.4, -0.2) is 68.2 Å². The van der Waals surface area contributed by atoms with Gasteiger partial charge in [0.15, 0.2) is 6.73 Å². The van der Waals surface area contributed by atoms with E-state index in [1.807, 2.05) is 29.2 Å². The second kappa shape index (κ2) is 12.2. The van der Waals surface area contributed by atoms with Crippen molar-refractivity contribution in [2.24, 2.45) is 10.7 Å². The fraction of sp³-hybridized carbons (Fsp3) is 0.233. The number of ether oxygens (including phenoxy) is 2. The molecular weight excluding hydrogens is 567 g/mol. The lowest BCUT2D eigenvalue weighted by molar-refractivity contribution is 0.0516. The van der Waals surface area contributed by atoms with Gasteiger partial charge < -0.3 is 30.1 Å². The number of nitrogens with zero attached hydrogens (tertiary/aromatic N) is 3. The van der Waals surface area contributed by atoms with Crippen LogP contribution < -0.4 is 15.4 Å². The van der Waals surface area contributed by atoms with Crippen LogP contribution in [0.4, 0.5) is 5.69 Å². The second-order valence-corrected chi connectivity index (χ2v) is 10.3. The Kier molecular flexibility index (Phi) is 8.49. The first-order valence-corrected chi connectivity index (χ1v) is 13.7. The highest BCUT2D eigenvalue weighted by atomic mass is 35.5. The summed E-state index contributed by atoms with van der Waals surface area (Å²) in [4.78, 5) is 33.0. The molecule has 41 heavy (non-hydrogen) atoms. The smallest absolute Gasteiger partial charge is 0.337 e. The van der Waals surface area contributed by atoms with Crippen LogP contribution >= 0.6 is 23.2 Å². The van der Waals surface area contributed by atoms with Crippen molar-refractivity contribution in [3.8, 4) is 16.9 Å². The van der Waals surface area contributed by atoms with E-state index in [-0.39, 0.29) is 40.4 Å². The van der Waals surface area contributed by atoms with Crippen LogP contribution in [0.5, 0.6) is 5.75 Å². The highest BCUT2D eigenvalue weighted by molar-refractivity contribution is 6.40. The summed E-state index contributed by atoms with van der Waals surface area (Å²) in [5, 5.41) is 10.2. The molecule has 2 aliphatic rings. The third kappa shape index (κ3) is 5.74. The molecule has 9 nitrogen and oxygen atoms in total. The maximum atomic E-state index is 13.5. The lowest BCUT2D eigenvalue weighted by Gasteiger charge is -2.32. The summed E-state index contributed by atoms with van der Waals surface area (Å²) in [5.41, 5.74) is 10.4. The molecular formula is C30H28Cl2N4O5. The lowest BCUT2D eigenvalue weighted by atomic mass is 9.97. The predicted octanol–water partition coefficient (Wildman–Crippen LogP) is 5.19. The average Bonchev–Trinajstić information content (AvgIpc) is 2.98. The number of anilines is 1. The normalized spacial score (nSPS) is 15.5. The van der Waals surface area contributed by atoms with E-state index in [2.05, 4.69) is 4.99 Å². The molecule has 2 heterocycles. The van der Waals surface area contributed by atoms with Gasteiger partial charge in [-0.25, -0.2) is 4.79 Å². The quantitative estimate of drug-likeness (QED) is 0.377. The summed E-state index contributed by atoms with van der Waals surface area (Å²) in [6, 6.07) is 14.2. The molecule has 3 N–H and O–H groups in total. The number of hydrogen-bond donors (Lipinski definition) is 2. The van der Waals surface area contributed by atoms with Crippen molar-refractivity contribution in [3.63, 3.8) is 0 Å². The van der Waals surface area contributed by atoms with E-state index in [9.17, 15) is 14.7 Å². The molecule has 0 spiro atoms. The number of halogens is 2.